The number of imidazole rings is 1. The summed E-state index contributed by atoms with van der Waals surface area (Å²) < 4.78 is 28.2. The van der Waals surface area contributed by atoms with Crippen molar-refractivity contribution < 1.29 is 48.5 Å². The molecule has 7 atom stereocenters. The number of aromatic nitrogens is 4. The highest BCUT2D eigenvalue weighted by Gasteiger charge is 2.45. The Bertz CT molecular complexity index is 990. The maximum atomic E-state index is 12.1. The number of hydrogen-bond acceptors (Lipinski definition) is 13. The van der Waals surface area contributed by atoms with E-state index >= 15 is 0 Å². The lowest BCUT2D eigenvalue weighted by molar-refractivity contribution is -0.141. The number of nitrogen functional groups attached to an aromatic ring is 1. The molecule has 0 aliphatic carbocycles. The van der Waals surface area contributed by atoms with Gasteiger partial charge in [-0.2, -0.15) is 0 Å². The molecule has 2 unspecified atom stereocenters. The van der Waals surface area contributed by atoms with E-state index in [1.165, 1.54) is 17.2 Å². The van der Waals surface area contributed by atoms with E-state index in [9.17, 15) is 24.5 Å². The molecule has 9 N–H and O–H groups in total. The van der Waals surface area contributed by atoms with Crippen LogP contribution < -0.4 is 11.5 Å². The van der Waals surface area contributed by atoms with Gasteiger partial charge in [-0.3, -0.25) is 18.4 Å². The molecule has 2 aromatic heterocycles. The third-order valence-electron chi connectivity index (χ3n) is 4.53. The molecule has 0 saturated carbocycles. The Labute approximate surface area is 173 Å². The van der Waals surface area contributed by atoms with Crippen LogP contribution in [0, 0.1) is 0 Å². The predicted octanol–water partition coefficient (Wildman–Crippen LogP) is -3.07. The number of aliphatic hydroxyl groups is 3. The second-order valence-corrected chi connectivity index (χ2v) is 7.99. The third-order valence-corrected chi connectivity index (χ3v) is 5.55. The van der Waals surface area contributed by atoms with Crippen LogP contribution in [0.5, 0.6) is 0 Å². The number of carboxylic acid groups (broad SMARTS) is 1. The lowest BCUT2D eigenvalue weighted by Gasteiger charge is -2.23. The second-order valence-electron chi connectivity index (χ2n) is 6.58. The van der Waals surface area contributed by atoms with Crippen molar-refractivity contribution in [2.75, 3.05) is 18.9 Å². The van der Waals surface area contributed by atoms with E-state index in [4.69, 9.17) is 30.9 Å². The molecule has 1 fully saturated rings. The topological polar surface area (TPSA) is 259 Å². The summed E-state index contributed by atoms with van der Waals surface area (Å²) in [7, 11) is -4.92. The van der Waals surface area contributed by atoms with Crippen LogP contribution in [0.15, 0.2) is 12.7 Å². The van der Waals surface area contributed by atoms with Gasteiger partial charge < -0.3 is 41.5 Å². The van der Waals surface area contributed by atoms with Gasteiger partial charge in [-0.15, -0.1) is 0 Å². The van der Waals surface area contributed by atoms with Gasteiger partial charge in [0.1, 0.15) is 42.3 Å². The van der Waals surface area contributed by atoms with Gasteiger partial charge in [0.05, 0.1) is 19.5 Å². The van der Waals surface area contributed by atoms with E-state index in [-0.39, 0.29) is 17.0 Å². The summed E-state index contributed by atoms with van der Waals surface area (Å²) in [6, 6.07) is -1.79. The summed E-state index contributed by atoms with van der Waals surface area (Å²) in [6.45, 7) is -1.70. The van der Waals surface area contributed by atoms with Crippen molar-refractivity contribution in [1.29, 1.82) is 0 Å². The predicted molar refractivity (Wildman–Crippen MR) is 99.0 cm³/mol. The minimum atomic E-state index is -4.92. The SMILES string of the molecule is Nc1ncnc2c1ncn2[C@@H]1O[C@H](COP(=O)(O)OC(CO)[C@H](N)C(=O)O)[C@@H](O)[C@H]1O. The molecule has 1 aliphatic rings. The molecule has 0 aromatic carbocycles. The molecule has 0 bridgehead atoms. The molecule has 2 aromatic rings. The normalized spacial score (nSPS) is 27.8. The molecular weight excluding hydrogens is 443 g/mol. The average molecular weight is 464 g/mol. The number of ether oxygens (including phenoxy) is 1. The maximum Gasteiger partial charge on any atom is 0.472 e. The van der Waals surface area contributed by atoms with E-state index in [1.807, 2.05) is 0 Å². The molecule has 3 rings (SSSR count). The zero-order valence-electron chi connectivity index (χ0n) is 15.7. The zero-order valence-corrected chi connectivity index (χ0v) is 16.6. The van der Waals surface area contributed by atoms with Gasteiger partial charge in [0.2, 0.25) is 0 Å². The molecule has 31 heavy (non-hydrogen) atoms. The molecule has 0 radical (unpaired) electrons. The molecule has 16 nitrogen and oxygen atoms in total. The Morgan fingerprint density at radius 1 is 1.32 bits per heavy atom. The number of fused-ring (bicyclic) bond motifs is 1. The summed E-state index contributed by atoms with van der Waals surface area (Å²) in [5, 5.41) is 38.5. The summed E-state index contributed by atoms with van der Waals surface area (Å²) in [5.74, 6) is -1.48. The Morgan fingerprint density at radius 2 is 2.03 bits per heavy atom. The first-order chi connectivity index (χ1) is 14.6. The summed E-state index contributed by atoms with van der Waals surface area (Å²) in [6.07, 6.45) is -4.81. The van der Waals surface area contributed by atoms with Crippen molar-refractivity contribution in [3.8, 4) is 0 Å². The Kier molecular flexibility index (Phi) is 6.85. The van der Waals surface area contributed by atoms with Crippen LogP contribution in [-0.4, -0.2) is 94.5 Å². The summed E-state index contributed by atoms with van der Waals surface area (Å²) in [4.78, 5) is 32.5. The molecular formula is C14H21N6O10P. The number of aliphatic hydroxyl groups excluding tert-OH is 3. The monoisotopic (exact) mass is 464 g/mol. The lowest BCUT2D eigenvalue weighted by Crippen LogP contribution is -2.45. The number of carbonyl (C=O) groups is 1. The van der Waals surface area contributed by atoms with E-state index in [2.05, 4.69) is 19.5 Å². The van der Waals surface area contributed by atoms with Crippen molar-refractivity contribution in [2.24, 2.45) is 5.73 Å². The first-order valence-corrected chi connectivity index (χ1v) is 10.2. The molecule has 17 heteroatoms. The summed E-state index contributed by atoms with van der Waals surface area (Å²) in [5.41, 5.74) is 11.4. The van der Waals surface area contributed by atoms with Crippen LogP contribution in [0.3, 0.4) is 0 Å². The fraction of sp³-hybridized carbons (Fsp3) is 0.571. The van der Waals surface area contributed by atoms with Crippen LogP contribution in [-0.2, 0) is 23.1 Å². The smallest absolute Gasteiger partial charge is 0.472 e. The first-order valence-electron chi connectivity index (χ1n) is 8.75. The molecule has 1 aliphatic heterocycles. The van der Waals surface area contributed by atoms with Crippen molar-refractivity contribution in [3.05, 3.63) is 12.7 Å². The number of aliphatic carboxylic acids is 1. The Hall–Kier alpha value is -2.27. The average Bonchev–Trinajstić information content (AvgIpc) is 3.27. The second kappa shape index (κ2) is 9.07. The van der Waals surface area contributed by atoms with Crippen molar-refractivity contribution in [1.82, 2.24) is 19.5 Å². The van der Waals surface area contributed by atoms with Crippen LogP contribution >= 0.6 is 7.82 Å². The Morgan fingerprint density at radius 3 is 2.68 bits per heavy atom. The van der Waals surface area contributed by atoms with E-state index < -0.39 is 63.7 Å². The molecule has 0 spiro atoms. The number of nitrogens with zero attached hydrogens (tertiary/aromatic N) is 4. The number of carboxylic acids is 1. The van der Waals surface area contributed by atoms with Gasteiger partial charge in [0.25, 0.3) is 0 Å². The number of phosphoric acid groups is 1. The lowest BCUT2D eigenvalue weighted by atomic mass is 10.1. The largest absolute Gasteiger partial charge is 0.480 e. The van der Waals surface area contributed by atoms with Gasteiger partial charge in [0.15, 0.2) is 17.7 Å². The number of anilines is 1. The Balaban J connectivity index is 1.68. The molecule has 1 saturated heterocycles. The molecule has 0 amide bonds. The number of hydrogen-bond donors (Lipinski definition) is 7. The van der Waals surface area contributed by atoms with E-state index in [0.29, 0.717) is 0 Å². The van der Waals surface area contributed by atoms with E-state index in [0.717, 1.165) is 0 Å². The first kappa shape index (κ1) is 23.4. The van der Waals surface area contributed by atoms with Crippen molar-refractivity contribution in [2.45, 2.75) is 36.7 Å². The van der Waals surface area contributed by atoms with Crippen molar-refractivity contribution in [3.63, 3.8) is 0 Å². The van der Waals surface area contributed by atoms with Crippen LogP contribution in [0.25, 0.3) is 11.2 Å². The zero-order chi connectivity index (χ0) is 22.9. The number of phosphoric ester groups is 1. The van der Waals surface area contributed by atoms with Crippen LogP contribution in [0.2, 0.25) is 0 Å². The summed E-state index contributed by atoms with van der Waals surface area (Å²) >= 11 is 0. The van der Waals surface area contributed by atoms with Crippen LogP contribution in [0.4, 0.5) is 5.82 Å². The maximum absolute atomic E-state index is 12.1. The minimum absolute atomic E-state index is 0.0908. The third kappa shape index (κ3) is 4.82. The fourth-order valence-electron chi connectivity index (χ4n) is 2.89. The van der Waals surface area contributed by atoms with Gasteiger partial charge in [0, 0.05) is 0 Å². The molecule has 3 heterocycles. The highest BCUT2D eigenvalue weighted by atomic mass is 31.2. The van der Waals surface area contributed by atoms with Gasteiger partial charge >= 0.3 is 13.8 Å². The van der Waals surface area contributed by atoms with Gasteiger partial charge in [-0.1, -0.05) is 0 Å². The standard InChI is InChI=1S/C14H21N6O10P/c15-7(14(24)25)5(1-21)30-31(26,27)28-2-6-9(22)10(23)13(29-6)20-4-19-8-11(16)17-3-18-12(8)20/h3-7,9-10,13,21-23H,1-2,15H2,(H,24,25)(H,26,27)(H2,16,17,18)/t5?,6-,7+,9-,10-,13-/m1/s1. The highest BCUT2D eigenvalue weighted by molar-refractivity contribution is 7.47. The van der Waals surface area contributed by atoms with Crippen LogP contribution in [0.1, 0.15) is 6.23 Å². The van der Waals surface area contributed by atoms with Gasteiger partial charge in [-0.25, -0.2) is 19.5 Å². The fourth-order valence-corrected chi connectivity index (χ4v) is 3.83. The van der Waals surface area contributed by atoms with Gasteiger partial charge in [-0.05, 0) is 0 Å². The molecule has 172 valence electrons. The van der Waals surface area contributed by atoms with E-state index in [1.54, 1.807) is 0 Å². The quantitative estimate of drug-likeness (QED) is 0.182. The highest BCUT2D eigenvalue weighted by Crippen LogP contribution is 2.46. The number of rotatable bonds is 9. The number of nitrogens with two attached hydrogens (primary N) is 2. The minimum Gasteiger partial charge on any atom is -0.480 e. The van der Waals surface area contributed by atoms with Crippen molar-refractivity contribution >= 4 is 30.8 Å².